The second-order valence-corrected chi connectivity index (χ2v) is 16.0. The SMILES string of the molecule is CC/C=C/C=C/C=C/CCCCCCCCCC(=O)OC(COCCC(C(=O)O)[N+](C)(C)C)COC(=O)CCCCCCCC/C=C/C/C=C/C/C=C/C/C=C/CC. The number of rotatable bonds is 39. The van der Waals surface area contributed by atoms with Crippen molar-refractivity contribution in [2.45, 2.75) is 174 Å². The summed E-state index contributed by atoms with van der Waals surface area (Å²) < 4.78 is 17.3. The molecule has 2 atom stereocenters. The van der Waals surface area contributed by atoms with E-state index in [1.807, 2.05) is 21.1 Å². The van der Waals surface area contributed by atoms with Gasteiger partial charge in [-0.3, -0.25) is 9.59 Å². The number of carboxylic acids is 1. The highest BCUT2D eigenvalue weighted by Gasteiger charge is 2.31. The lowest BCUT2D eigenvalue weighted by Crippen LogP contribution is -2.50. The van der Waals surface area contributed by atoms with Gasteiger partial charge in [0, 0.05) is 19.3 Å². The first-order valence-electron chi connectivity index (χ1n) is 22.7. The predicted molar refractivity (Wildman–Crippen MR) is 243 cm³/mol. The first-order valence-corrected chi connectivity index (χ1v) is 22.7. The lowest BCUT2D eigenvalue weighted by atomic mass is 10.1. The van der Waals surface area contributed by atoms with Crippen molar-refractivity contribution in [3.8, 4) is 0 Å². The monoisotopic (exact) mass is 811 g/mol. The molecule has 0 aromatic carbocycles. The second kappa shape index (κ2) is 40.3. The highest BCUT2D eigenvalue weighted by molar-refractivity contribution is 5.72. The number of esters is 2. The first-order chi connectivity index (χ1) is 28.1. The van der Waals surface area contributed by atoms with Crippen LogP contribution < -0.4 is 0 Å². The van der Waals surface area contributed by atoms with E-state index in [-0.39, 0.29) is 36.2 Å². The highest BCUT2D eigenvalue weighted by Crippen LogP contribution is 2.13. The molecule has 0 aliphatic rings. The Morgan fingerprint density at radius 2 is 1.00 bits per heavy atom. The van der Waals surface area contributed by atoms with Crippen LogP contribution in [-0.2, 0) is 28.6 Å². The molecule has 0 bridgehead atoms. The van der Waals surface area contributed by atoms with Gasteiger partial charge in [0.2, 0.25) is 0 Å². The average Bonchev–Trinajstić information content (AvgIpc) is 3.18. The van der Waals surface area contributed by atoms with Gasteiger partial charge in [-0.2, -0.15) is 0 Å². The van der Waals surface area contributed by atoms with Crippen molar-refractivity contribution in [1.82, 2.24) is 0 Å². The molecule has 58 heavy (non-hydrogen) atoms. The molecular weight excluding hydrogens is 727 g/mol. The summed E-state index contributed by atoms with van der Waals surface area (Å²) in [5.74, 6) is -1.51. The molecule has 0 rings (SSSR count). The highest BCUT2D eigenvalue weighted by atomic mass is 16.6. The molecule has 8 nitrogen and oxygen atoms in total. The van der Waals surface area contributed by atoms with Crippen LogP contribution in [0.25, 0.3) is 0 Å². The standard InChI is InChI=1S/C50H83NO7/c1-6-8-10-12-14-16-18-20-22-23-24-25-27-28-30-32-34-36-38-40-48(52)57-45-46(44-56-43-42-47(50(54)55)51(3,4)5)58-49(53)41-39-37-35-33-31-29-26-21-19-17-15-13-11-9-7-2/h8-11,13-17,19-20,22,24-25,46-47H,6-7,12,18,21,23,26-45H2,1-5H3/p+1/b10-8+,11-9+,15-13+,16-14+,19-17+,22-20+,25-24+. The van der Waals surface area contributed by atoms with Crippen molar-refractivity contribution >= 4 is 17.9 Å². The van der Waals surface area contributed by atoms with E-state index in [0.29, 0.717) is 19.3 Å². The summed E-state index contributed by atoms with van der Waals surface area (Å²) in [5, 5.41) is 9.63. The molecule has 0 aromatic rings. The molecule has 0 radical (unpaired) electrons. The Kier molecular flexibility index (Phi) is 37.9. The molecule has 0 aliphatic carbocycles. The minimum absolute atomic E-state index is 0.0464. The first kappa shape index (κ1) is 54.5. The van der Waals surface area contributed by atoms with Gasteiger partial charge in [0.1, 0.15) is 6.61 Å². The van der Waals surface area contributed by atoms with E-state index >= 15 is 0 Å². The Hall–Kier alpha value is -3.49. The fourth-order valence-electron chi connectivity index (χ4n) is 6.14. The van der Waals surface area contributed by atoms with E-state index in [9.17, 15) is 19.5 Å². The van der Waals surface area contributed by atoms with Crippen LogP contribution >= 0.6 is 0 Å². The number of likely N-dealkylation sites (N-methyl/N-ethyl adjacent to an activating group) is 1. The van der Waals surface area contributed by atoms with Gasteiger partial charge in [-0.05, 0) is 70.6 Å². The van der Waals surface area contributed by atoms with Gasteiger partial charge in [0.15, 0.2) is 12.1 Å². The molecule has 0 heterocycles. The van der Waals surface area contributed by atoms with Crippen molar-refractivity contribution in [2.24, 2.45) is 0 Å². The lowest BCUT2D eigenvalue weighted by Gasteiger charge is -2.31. The minimum Gasteiger partial charge on any atom is -0.477 e. The zero-order valence-electron chi connectivity index (χ0n) is 37.5. The van der Waals surface area contributed by atoms with Gasteiger partial charge in [0.25, 0.3) is 0 Å². The maximum absolute atomic E-state index is 12.7. The van der Waals surface area contributed by atoms with Crippen LogP contribution in [0, 0.1) is 0 Å². The van der Waals surface area contributed by atoms with Gasteiger partial charge in [-0.25, -0.2) is 4.79 Å². The third kappa shape index (κ3) is 38.1. The fourth-order valence-corrected chi connectivity index (χ4v) is 6.14. The van der Waals surface area contributed by atoms with Crippen LogP contribution in [0.5, 0.6) is 0 Å². The number of nitrogens with zero attached hydrogens (tertiary/aromatic N) is 1. The van der Waals surface area contributed by atoms with E-state index in [4.69, 9.17) is 14.2 Å². The molecule has 0 amide bonds. The Bertz CT molecular complexity index is 1220. The number of carbonyl (C=O) groups excluding carboxylic acids is 2. The summed E-state index contributed by atoms with van der Waals surface area (Å²) in [6.07, 6.45) is 51.9. The van der Waals surface area contributed by atoms with Crippen LogP contribution in [0.1, 0.15) is 162 Å². The fraction of sp³-hybridized carbons (Fsp3) is 0.660. The Balaban J connectivity index is 4.37. The average molecular weight is 811 g/mol. The lowest BCUT2D eigenvalue weighted by molar-refractivity contribution is -0.887. The summed E-state index contributed by atoms with van der Waals surface area (Å²) in [6.45, 7) is 4.45. The quantitative estimate of drug-likeness (QED) is 0.0217. The van der Waals surface area contributed by atoms with E-state index in [1.165, 1.54) is 32.1 Å². The maximum atomic E-state index is 12.7. The molecule has 1 N–H and O–H groups in total. The van der Waals surface area contributed by atoms with Crippen LogP contribution in [0.4, 0.5) is 0 Å². The predicted octanol–water partition coefficient (Wildman–Crippen LogP) is 12.5. The number of aliphatic carboxylic acids is 1. The minimum atomic E-state index is -0.883. The Morgan fingerprint density at radius 3 is 1.53 bits per heavy atom. The van der Waals surface area contributed by atoms with Crippen molar-refractivity contribution in [2.75, 3.05) is 41.0 Å². The van der Waals surface area contributed by atoms with E-state index in [1.54, 1.807) is 0 Å². The molecule has 8 heteroatoms. The van der Waals surface area contributed by atoms with Crippen molar-refractivity contribution in [1.29, 1.82) is 0 Å². The molecule has 330 valence electrons. The molecule has 0 aromatic heterocycles. The third-order valence-electron chi connectivity index (χ3n) is 9.60. The zero-order valence-corrected chi connectivity index (χ0v) is 37.5. The zero-order chi connectivity index (χ0) is 42.8. The van der Waals surface area contributed by atoms with Crippen LogP contribution in [0.2, 0.25) is 0 Å². The number of carboxylic acid groups (broad SMARTS) is 1. The van der Waals surface area contributed by atoms with E-state index < -0.39 is 18.1 Å². The normalized spacial score (nSPS) is 13.7. The molecule has 0 aliphatic heterocycles. The van der Waals surface area contributed by atoms with Gasteiger partial charge < -0.3 is 23.8 Å². The number of allylic oxidation sites excluding steroid dienone is 14. The smallest absolute Gasteiger partial charge is 0.362 e. The van der Waals surface area contributed by atoms with E-state index in [2.05, 4.69) is 98.9 Å². The summed E-state index contributed by atoms with van der Waals surface area (Å²) in [6, 6.07) is -0.624. The maximum Gasteiger partial charge on any atom is 0.362 e. The van der Waals surface area contributed by atoms with Crippen LogP contribution in [0.15, 0.2) is 85.1 Å². The number of hydrogen-bond donors (Lipinski definition) is 1. The number of ether oxygens (including phenoxy) is 3. The molecular formula is C50H84NO7+. The summed E-state index contributed by atoms with van der Waals surface area (Å²) in [7, 11) is 5.51. The topological polar surface area (TPSA) is 99.1 Å². The molecule has 0 saturated heterocycles. The van der Waals surface area contributed by atoms with Gasteiger partial charge in [-0.15, -0.1) is 0 Å². The molecule has 0 fully saturated rings. The van der Waals surface area contributed by atoms with Crippen molar-refractivity contribution < 1.29 is 38.2 Å². The van der Waals surface area contributed by atoms with Crippen LogP contribution in [-0.4, -0.2) is 80.6 Å². The summed E-state index contributed by atoms with van der Waals surface area (Å²) in [4.78, 5) is 37.0. The summed E-state index contributed by atoms with van der Waals surface area (Å²) >= 11 is 0. The summed E-state index contributed by atoms with van der Waals surface area (Å²) in [5.41, 5.74) is 0. The van der Waals surface area contributed by atoms with Crippen LogP contribution in [0.3, 0.4) is 0 Å². The van der Waals surface area contributed by atoms with Gasteiger partial charge >= 0.3 is 17.9 Å². The number of hydrogen-bond acceptors (Lipinski definition) is 6. The molecule has 0 saturated carbocycles. The second-order valence-electron chi connectivity index (χ2n) is 16.0. The Labute approximate surface area is 354 Å². The van der Waals surface area contributed by atoms with Crippen molar-refractivity contribution in [3.63, 3.8) is 0 Å². The number of unbranched alkanes of at least 4 members (excludes halogenated alkanes) is 13. The Morgan fingerprint density at radius 1 is 0.534 bits per heavy atom. The number of carbonyl (C=O) groups is 3. The molecule has 2 unspecified atom stereocenters. The largest absolute Gasteiger partial charge is 0.477 e. The van der Waals surface area contributed by atoms with Gasteiger partial charge in [-0.1, -0.05) is 157 Å². The van der Waals surface area contributed by atoms with Crippen molar-refractivity contribution in [3.05, 3.63) is 85.1 Å². The third-order valence-corrected chi connectivity index (χ3v) is 9.60. The van der Waals surface area contributed by atoms with E-state index in [0.717, 1.165) is 96.3 Å². The van der Waals surface area contributed by atoms with Gasteiger partial charge in [0.05, 0.1) is 34.4 Å². The molecule has 0 spiro atoms. The number of quaternary nitrogens is 1.